The number of nitrogens with two attached hydrogens (primary N) is 1. The van der Waals surface area contributed by atoms with Crippen LogP contribution in [0.15, 0.2) is 6.20 Å². The van der Waals surface area contributed by atoms with Crippen LogP contribution in [0.5, 0.6) is 0 Å². The zero-order valence-corrected chi connectivity index (χ0v) is 11.2. The molecule has 0 aromatic carbocycles. The molecule has 0 saturated carbocycles. The van der Waals surface area contributed by atoms with Crippen LogP contribution in [-0.4, -0.2) is 27.5 Å². The predicted octanol–water partition coefficient (Wildman–Crippen LogP) is 3.01. The maximum absolute atomic E-state index is 12.4. The summed E-state index contributed by atoms with van der Waals surface area (Å²) in [6.45, 7) is 0. The highest BCUT2D eigenvalue weighted by Gasteiger charge is 2.36. The van der Waals surface area contributed by atoms with E-state index in [1.807, 2.05) is 0 Å². The molecule has 1 saturated heterocycles. The summed E-state index contributed by atoms with van der Waals surface area (Å²) >= 11 is 4.19. The molecule has 0 aliphatic carbocycles. The Bertz CT molecular complexity index is 374. The van der Waals surface area contributed by atoms with E-state index in [-0.39, 0.29) is 11.3 Å². The van der Waals surface area contributed by atoms with E-state index >= 15 is 0 Å². The van der Waals surface area contributed by atoms with Crippen molar-refractivity contribution in [2.75, 3.05) is 17.3 Å². The molecule has 0 bridgehead atoms. The van der Waals surface area contributed by atoms with E-state index in [9.17, 15) is 13.2 Å². The number of rotatable bonds is 2. The van der Waals surface area contributed by atoms with E-state index in [1.165, 1.54) is 6.20 Å². The summed E-state index contributed by atoms with van der Waals surface area (Å²) in [6.07, 6.45) is -3.10. The largest absolute Gasteiger partial charge is 0.443 e. The lowest BCUT2D eigenvalue weighted by molar-refractivity contribution is -0.137. The molecule has 1 aliphatic rings. The quantitative estimate of drug-likeness (QED) is 0.911. The van der Waals surface area contributed by atoms with Gasteiger partial charge in [0.15, 0.2) is 5.01 Å². The fraction of sp³-hybridized carbons (Fsp3) is 0.667. The highest BCUT2D eigenvalue weighted by Crippen LogP contribution is 2.38. The van der Waals surface area contributed by atoms with E-state index in [1.54, 1.807) is 23.5 Å². The van der Waals surface area contributed by atoms with E-state index < -0.39 is 11.2 Å². The van der Waals surface area contributed by atoms with Crippen molar-refractivity contribution in [3.8, 4) is 0 Å². The lowest BCUT2D eigenvalue weighted by Gasteiger charge is -2.25. The first-order chi connectivity index (χ1) is 7.98. The maximum Gasteiger partial charge on any atom is 0.443 e. The third-order valence-electron chi connectivity index (χ3n) is 2.34. The number of aromatic nitrogens is 1. The minimum absolute atomic E-state index is 0.190. The molecule has 1 fully saturated rings. The first-order valence-electron chi connectivity index (χ1n) is 4.96. The van der Waals surface area contributed by atoms with E-state index in [0.717, 1.165) is 17.3 Å². The Morgan fingerprint density at radius 1 is 1.41 bits per heavy atom. The molecular formula is C9H11F3N2S3. The molecule has 2 nitrogen and oxygen atoms in total. The van der Waals surface area contributed by atoms with Crippen LogP contribution in [0.3, 0.4) is 0 Å². The molecule has 2 heterocycles. The predicted molar refractivity (Wildman–Crippen MR) is 67.6 cm³/mol. The fourth-order valence-corrected chi connectivity index (χ4v) is 5.20. The summed E-state index contributed by atoms with van der Waals surface area (Å²) < 4.78 is 37.2. The molecule has 2 rings (SSSR count). The van der Waals surface area contributed by atoms with Gasteiger partial charge in [-0.2, -0.15) is 36.7 Å². The number of nitrogens with zero attached hydrogens (tertiary/aromatic N) is 1. The molecule has 2 atom stereocenters. The molecule has 1 aromatic rings. The molecule has 0 amide bonds. The second-order valence-corrected chi connectivity index (χ2v) is 7.13. The van der Waals surface area contributed by atoms with Gasteiger partial charge in [-0.05, 0) is 0 Å². The summed E-state index contributed by atoms with van der Waals surface area (Å²) in [5.41, 5.74) is 6.00. The average molecular weight is 300 g/mol. The third kappa shape index (κ3) is 3.30. The number of thiazole rings is 1. The van der Waals surface area contributed by atoms with Gasteiger partial charge >= 0.3 is 6.18 Å². The molecule has 0 radical (unpaired) electrons. The molecule has 1 aliphatic heterocycles. The number of halogens is 3. The number of alkyl halides is 3. The van der Waals surface area contributed by atoms with Crippen LogP contribution < -0.4 is 5.73 Å². The van der Waals surface area contributed by atoms with Gasteiger partial charge in [0.05, 0.1) is 6.04 Å². The SMILES string of the molecule is NC(c1cnc(C(F)(F)F)s1)C1CSCCS1. The molecule has 17 heavy (non-hydrogen) atoms. The first-order valence-corrected chi connectivity index (χ1v) is 7.98. The minimum Gasteiger partial charge on any atom is -0.322 e. The smallest absolute Gasteiger partial charge is 0.322 e. The Morgan fingerprint density at radius 3 is 2.71 bits per heavy atom. The van der Waals surface area contributed by atoms with Gasteiger partial charge in [0.1, 0.15) is 0 Å². The van der Waals surface area contributed by atoms with Crippen LogP contribution in [-0.2, 0) is 6.18 Å². The molecule has 2 N–H and O–H groups in total. The molecule has 8 heteroatoms. The van der Waals surface area contributed by atoms with Gasteiger partial charge in [-0.25, -0.2) is 4.98 Å². The summed E-state index contributed by atoms with van der Waals surface area (Å²) in [6, 6.07) is -0.346. The van der Waals surface area contributed by atoms with Crippen LogP contribution in [0.1, 0.15) is 15.9 Å². The van der Waals surface area contributed by atoms with Crippen LogP contribution >= 0.6 is 34.9 Å². The Balaban J connectivity index is 2.08. The second kappa shape index (κ2) is 5.38. The summed E-state index contributed by atoms with van der Waals surface area (Å²) in [4.78, 5) is 3.93. The van der Waals surface area contributed by atoms with Crippen LogP contribution in [0, 0.1) is 0 Å². The highest BCUT2D eigenvalue weighted by atomic mass is 32.2. The number of hydrogen-bond donors (Lipinski definition) is 1. The van der Waals surface area contributed by atoms with Crippen molar-refractivity contribution >= 4 is 34.9 Å². The zero-order valence-electron chi connectivity index (χ0n) is 8.74. The van der Waals surface area contributed by atoms with Crippen molar-refractivity contribution in [1.29, 1.82) is 0 Å². The highest BCUT2D eigenvalue weighted by molar-refractivity contribution is 8.06. The first kappa shape index (κ1) is 13.5. The van der Waals surface area contributed by atoms with E-state index in [0.29, 0.717) is 16.2 Å². The van der Waals surface area contributed by atoms with Crippen molar-refractivity contribution in [3.05, 3.63) is 16.1 Å². The summed E-state index contributed by atoms with van der Waals surface area (Å²) in [5.74, 6) is 2.99. The van der Waals surface area contributed by atoms with Gasteiger partial charge in [-0.1, -0.05) is 0 Å². The monoisotopic (exact) mass is 300 g/mol. The molecule has 96 valence electrons. The van der Waals surface area contributed by atoms with Crippen molar-refractivity contribution in [3.63, 3.8) is 0 Å². The van der Waals surface area contributed by atoms with Crippen LogP contribution in [0.25, 0.3) is 0 Å². The minimum atomic E-state index is -4.36. The zero-order chi connectivity index (χ0) is 12.5. The molecular weight excluding hydrogens is 289 g/mol. The Hall–Kier alpha value is 0.0800. The molecule has 2 unspecified atom stereocenters. The van der Waals surface area contributed by atoms with Crippen LogP contribution in [0.2, 0.25) is 0 Å². The van der Waals surface area contributed by atoms with Gasteiger partial charge in [-0.15, -0.1) is 11.3 Å². The van der Waals surface area contributed by atoms with E-state index in [2.05, 4.69) is 4.98 Å². The molecule has 0 spiro atoms. The Morgan fingerprint density at radius 2 is 2.18 bits per heavy atom. The van der Waals surface area contributed by atoms with Gasteiger partial charge < -0.3 is 5.73 Å². The van der Waals surface area contributed by atoms with Crippen molar-refractivity contribution in [1.82, 2.24) is 4.98 Å². The van der Waals surface area contributed by atoms with E-state index in [4.69, 9.17) is 5.73 Å². The lowest BCUT2D eigenvalue weighted by Crippen LogP contribution is -2.28. The van der Waals surface area contributed by atoms with Crippen molar-refractivity contribution in [2.45, 2.75) is 17.5 Å². The van der Waals surface area contributed by atoms with Gasteiger partial charge in [0, 0.05) is 33.6 Å². The normalized spacial score (nSPS) is 23.6. The van der Waals surface area contributed by atoms with Gasteiger partial charge in [0.2, 0.25) is 0 Å². The van der Waals surface area contributed by atoms with Crippen molar-refractivity contribution < 1.29 is 13.2 Å². The topological polar surface area (TPSA) is 38.9 Å². The Labute approximate surface area is 110 Å². The third-order valence-corrected chi connectivity index (χ3v) is 6.37. The van der Waals surface area contributed by atoms with Crippen LogP contribution in [0.4, 0.5) is 13.2 Å². The lowest BCUT2D eigenvalue weighted by atomic mass is 10.2. The average Bonchev–Trinajstić information content (AvgIpc) is 2.78. The van der Waals surface area contributed by atoms with Gasteiger partial charge in [-0.3, -0.25) is 0 Å². The summed E-state index contributed by atoms with van der Waals surface area (Å²) in [7, 11) is 0. The van der Waals surface area contributed by atoms with Gasteiger partial charge in [0.25, 0.3) is 0 Å². The Kier molecular flexibility index (Phi) is 4.27. The standard InChI is InChI=1S/C9H11F3N2S3/c10-9(11,12)8-14-3-5(17-8)7(13)6-4-15-1-2-16-6/h3,6-7H,1-2,4,13H2. The number of thioether (sulfide) groups is 2. The van der Waals surface area contributed by atoms with Crippen molar-refractivity contribution in [2.24, 2.45) is 5.73 Å². The number of hydrogen-bond acceptors (Lipinski definition) is 5. The fourth-order valence-electron chi connectivity index (χ4n) is 1.47. The maximum atomic E-state index is 12.4. The summed E-state index contributed by atoms with van der Waals surface area (Å²) in [5, 5.41) is -0.619. The second-order valence-electron chi connectivity index (χ2n) is 3.58. The molecule has 1 aromatic heterocycles.